The fourth-order valence-corrected chi connectivity index (χ4v) is 1.94. The Kier molecular flexibility index (Phi) is 5.18. The van der Waals surface area contributed by atoms with Crippen molar-refractivity contribution in [2.24, 2.45) is 4.99 Å². The molecular formula is C11H17N3S. The zero-order valence-electron chi connectivity index (χ0n) is 9.47. The van der Waals surface area contributed by atoms with Gasteiger partial charge in [0.05, 0.1) is 0 Å². The minimum atomic E-state index is 0.827. The van der Waals surface area contributed by atoms with E-state index >= 15 is 0 Å². The van der Waals surface area contributed by atoms with Gasteiger partial charge in [0.15, 0.2) is 5.17 Å². The monoisotopic (exact) mass is 223 g/mol. The second kappa shape index (κ2) is 6.45. The minimum absolute atomic E-state index is 0.827. The van der Waals surface area contributed by atoms with Crippen molar-refractivity contribution < 1.29 is 0 Å². The van der Waals surface area contributed by atoms with Crippen molar-refractivity contribution >= 4 is 16.9 Å². The van der Waals surface area contributed by atoms with Gasteiger partial charge in [0.2, 0.25) is 0 Å². The SMILES string of the molecule is CCN=C(SC)N(C)Cc1cccnc1. The first kappa shape index (κ1) is 12.0. The van der Waals surface area contributed by atoms with Gasteiger partial charge in [0, 0.05) is 32.5 Å². The number of hydrogen-bond donors (Lipinski definition) is 0. The van der Waals surface area contributed by atoms with E-state index in [4.69, 9.17) is 0 Å². The van der Waals surface area contributed by atoms with Crippen molar-refractivity contribution in [2.45, 2.75) is 13.5 Å². The molecule has 0 atom stereocenters. The maximum atomic E-state index is 4.42. The van der Waals surface area contributed by atoms with E-state index in [1.807, 2.05) is 25.4 Å². The third-order valence-electron chi connectivity index (χ3n) is 1.95. The molecule has 0 aliphatic carbocycles. The number of rotatable bonds is 3. The highest BCUT2D eigenvalue weighted by atomic mass is 32.2. The molecule has 0 aromatic carbocycles. The summed E-state index contributed by atoms with van der Waals surface area (Å²) in [5, 5.41) is 1.07. The molecule has 0 saturated heterocycles. The predicted octanol–water partition coefficient (Wildman–Crippen LogP) is 2.25. The van der Waals surface area contributed by atoms with Crippen LogP contribution in [0.3, 0.4) is 0 Å². The number of nitrogens with zero attached hydrogens (tertiary/aromatic N) is 3. The Labute approximate surface area is 95.6 Å². The summed E-state index contributed by atoms with van der Waals surface area (Å²) in [5.74, 6) is 0. The summed E-state index contributed by atoms with van der Waals surface area (Å²) >= 11 is 1.68. The van der Waals surface area contributed by atoms with Crippen LogP contribution in [0.5, 0.6) is 0 Å². The Hall–Kier alpha value is -1.03. The molecule has 15 heavy (non-hydrogen) atoms. The van der Waals surface area contributed by atoms with Gasteiger partial charge in [-0.15, -0.1) is 0 Å². The Bertz CT molecular complexity index is 311. The van der Waals surface area contributed by atoms with Crippen LogP contribution in [0.25, 0.3) is 0 Å². The van der Waals surface area contributed by atoms with Crippen molar-refractivity contribution in [3.8, 4) is 0 Å². The molecule has 0 amide bonds. The van der Waals surface area contributed by atoms with Crippen LogP contribution in [0.2, 0.25) is 0 Å². The number of pyridine rings is 1. The lowest BCUT2D eigenvalue weighted by atomic mass is 10.3. The predicted molar refractivity (Wildman–Crippen MR) is 67.2 cm³/mol. The molecule has 1 aromatic heterocycles. The summed E-state index contributed by atoms with van der Waals surface area (Å²) in [6.45, 7) is 3.73. The number of aromatic nitrogens is 1. The third-order valence-corrected chi connectivity index (χ3v) is 2.75. The van der Waals surface area contributed by atoms with Gasteiger partial charge in [0.25, 0.3) is 0 Å². The maximum absolute atomic E-state index is 4.42. The first-order valence-electron chi connectivity index (χ1n) is 4.96. The Balaban J connectivity index is 2.62. The fourth-order valence-electron chi connectivity index (χ4n) is 1.31. The van der Waals surface area contributed by atoms with E-state index in [-0.39, 0.29) is 0 Å². The molecular weight excluding hydrogens is 206 g/mol. The molecule has 0 spiro atoms. The molecule has 0 radical (unpaired) electrons. The van der Waals surface area contributed by atoms with Gasteiger partial charge < -0.3 is 4.90 Å². The van der Waals surface area contributed by atoms with Crippen molar-refractivity contribution in [2.75, 3.05) is 19.8 Å². The molecule has 1 heterocycles. The highest BCUT2D eigenvalue weighted by Crippen LogP contribution is 2.08. The van der Waals surface area contributed by atoms with Gasteiger partial charge in [-0.05, 0) is 24.8 Å². The van der Waals surface area contributed by atoms with Gasteiger partial charge in [-0.3, -0.25) is 9.98 Å². The van der Waals surface area contributed by atoms with Crippen LogP contribution < -0.4 is 0 Å². The Morgan fingerprint density at radius 2 is 2.40 bits per heavy atom. The second-order valence-electron chi connectivity index (χ2n) is 3.18. The molecule has 1 rings (SSSR count). The maximum Gasteiger partial charge on any atom is 0.158 e. The van der Waals surface area contributed by atoms with Crippen LogP contribution >= 0.6 is 11.8 Å². The number of aliphatic imine (C=N–C) groups is 1. The van der Waals surface area contributed by atoms with Crippen LogP contribution in [0.4, 0.5) is 0 Å². The quantitative estimate of drug-likeness (QED) is 0.581. The zero-order chi connectivity index (χ0) is 11.1. The molecule has 3 nitrogen and oxygen atoms in total. The molecule has 0 unspecified atom stereocenters. The van der Waals surface area contributed by atoms with Crippen molar-refractivity contribution in [1.29, 1.82) is 0 Å². The van der Waals surface area contributed by atoms with Crippen LogP contribution in [0, 0.1) is 0 Å². The smallest absolute Gasteiger partial charge is 0.158 e. The summed E-state index contributed by atoms with van der Waals surface area (Å²) in [5.41, 5.74) is 1.21. The van der Waals surface area contributed by atoms with Crippen molar-refractivity contribution in [3.05, 3.63) is 30.1 Å². The molecule has 1 aromatic rings. The normalized spacial score (nSPS) is 11.5. The van der Waals surface area contributed by atoms with Gasteiger partial charge in [-0.2, -0.15) is 0 Å². The average Bonchev–Trinajstić information content (AvgIpc) is 2.27. The summed E-state index contributed by atoms with van der Waals surface area (Å²) in [7, 11) is 2.05. The topological polar surface area (TPSA) is 28.5 Å². The molecule has 82 valence electrons. The largest absolute Gasteiger partial charge is 0.350 e. The van der Waals surface area contributed by atoms with E-state index in [0.717, 1.165) is 18.3 Å². The van der Waals surface area contributed by atoms with E-state index in [9.17, 15) is 0 Å². The van der Waals surface area contributed by atoms with E-state index in [0.29, 0.717) is 0 Å². The van der Waals surface area contributed by atoms with E-state index in [1.165, 1.54) is 5.56 Å². The lowest BCUT2D eigenvalue weighted by Crippen LogP contribution is -2.23. The van der Waals surface area contributed by atoms with Gasteiger partial charge in [-0.25, -0.2) is 0 Å². The summed E-state index contributed by atoms with van der Waals surface area (Å²) < 4.78 is 0. The van der Waals surface area contributed by atoms with Crippen LogP contribution in [-0.4, -0.2) is 34.9 Å². The highest BCUT2D eigenvalue weighted by molar-refractivity contribution is 8.13. The van der Waals surface area contributed by atoms with E-state index < -0.39 is 0 Å². The summed E-state index contributed by atoms with van der Waals surface area (Å²) in [6.07, 6.45) is 5.73. The molecule has 0 aliphatic rings. The van der Waals surface area contributed by atoms with Crippen molar-refractivity contribution in [3.63, 3.8) is 0 Å². The highest BCUT2D eigenvalue weighted by Gasteiger charge is 2.04. The van der Waals surface area contributed by atoms with Crippen LogP contribution in [0.15, 0.2) is 29.5 Å². The van der Waals surface area contributed by atoms with Crippen molar-refractivity contribution in [1.82, 2.24) is 9.88 Å². The van der Waals surface area contributed by atoms with E-state index in [2.05, 4.69) is 28.0 Å². The Morgan fingerprint density at radius 1 is 1.60 bits per heavy atom. The lowest BCUT2D eigenvalue weighted by molar-refractivity contribution is 0.508. The fraction of sp³-hybridized carbons (Fsp3) is 0.455. The minimum Gasteiger partial charge on any atom is -0.350 e. The zero-order valence-corrected chi connectivity index (χ0v) is 10.3. The standard InChI is InChI=1S/C11H17N3S/c1-4-13-11(15-3)14(2)9-10-6-5-7-12-8-10/h5-8H,4,9H2,1-3H3. The third kappa shape index (κ3) is 3.91. The van der Waals surface area contributed by atoms with Crippen LogP contribution in [-0.2, 0) is 6.54 Å². The molecule has 0 saturated carbocycles. The summed E-state index contributed by atoms with van der Waals surface area (Å²) in [4.78, 5) is 10.7. The molecule has 0 fully saturated rings. The molecule has 4 heteroatoms. The second-order valence-corrected chi connectivity index (χ2v) is 3.95. The number of thioether (sulfide) groups is 1. The number of hydrogen-bond acceptors (Lipinski definition) is 3. The first-order chi connectivity index (χ1) is 7.27. The molecule has 0 bridgehead atoms. The molecule has 0 N–H and O–H groups in total. The first-order valence-corrected chi connectivity index (χ1v) is 6.19. The number of amidine groups is 1. The van der Waals surface area contributed by atoms with E-state index in [1.54, 1.807) is 18.0 Å². The van der Waals surface area contributed by atoms with Gasteiger partial charge in [-0.1, -0.05) is 17.8 Å². The average molecular weight is 223 g/mol. The lowest BCUT2D eigenvalue weighted by Gasteiger charge is -2.19. The van der Waals surface area contributed by atoms with Gasteiger partial charge in [0.1, 0.15) is 0 Å². The van der Waals surface area contributed by atoms with Gasteiger partial charge >= 0.3 is 0 Å². The van der Waals surface area contributed by atoms with Crippen LogP contribution in [0.1, 0.15) is 12.5 Å². The Morgan fingerprint density at radius 3 is 2.93 bits per heavy atom. The molecule has 0 aliphatic heterocycles. The summed E-state index contributed by atoms with van der Waals surface area (Å²) in [6, 6.07) is 4.03.